The highest BCUT2D eigenvalue weighted by atomic mass is 32.1. The summed E-state index contributed by atoms with van der Waals surface area (Å²) in [5.74, 6) is 0.397. The largest absolute Gasteiger partial charge is 0.396 e. The van der Waals surface area contributed by atoms with Crippen LogP contribution in [0.4, 0.5) is 0 Å². The van der Waals surface area contributed by atoms with Crippen molar-refractivity contribution in [3.05, 3.63) is 27.9 Å². The lowest BCUT2D eigenvalue weighted by Gasteiger charge is -2.16. The third-order valence-electron chi connectivity index (χ3n) is 3.45. The molecule has 0 radical (unpaired) electrons. The molecule has 20 heavy (non-hydrogen) atoms. The van der Waals surface area contributed by atoms with Gasteiger partial charge in [0.25, 0.3) is 5.91 Å². The molecule has 0 spiro atoms. The van der Waals surface area contributed by atoms with E-state index in [0.717, 1.165) is 23.4 Å². The number of aliphatic hydroxyl groups excluding tert-OH is 1. The van der Waals surface area contributed by atoms with Crippen LogP contribution >= 0.6 is 22.7 Å². The maximum atomic E-state index is 12.2. The fourth-order valence-electron chi connectivity index (χ4n) is 2.20. The van der Waals surface area contributed by atoms with Crippen molar-refractivity contribution in [2.45, 2.75) is 25.3 Å². The predicted molar refractivity (Wildman–Crippen MR) is 81.1 cm³/mol. The monoisotopic (exact) mass is 308 g/mol. The van der Waals surface area contributed by atoms with Gasteiger partial charge in [0.2, 0.25) is 0 Å². The molecule has 1 atom stereocenters. The molecule has 1 aliphatic carbocycles. The van der Waals surface area contributed by atoms with E-state index in [2.05, 4.69) is 10.3 Å². The lowest BCUT2D eigenvalue weighted by molar-refractivity contribution is 0.0920. The summed E-state index contributed by atoms with van der Waals surface area (Å²) < 4.78 is 0. The summed E-state index contributed by atoms with van der Waals surface area (Å²) in [7, 11) is 0. The van der Waals surface area contributed by atoms with Gasteiger partial charge in [-0.1, -0.05) is 0 Å². The molecule has 2 aromatic rings. The van der Waals surface area contributed by atoms with E-state index in [-0.39, 0.29) is 18.6 Å². The molecule has 0 saturated heterocycles. The van der Waals surface area contributed by atoms with Gasteiger partial charge in [-0.3, -0.25) is 4.79 Å². The number of nitrogens with one attached hydrogen (secondary N) is 1. The second kappa shape index (κ2) is 6.03. The molecule has 1 fully saturated rings. The highest BCUT2D eigenvalue weighted by Gasteiger charge is 2.32. The van der Waals surface area contributed by atoms with Crippen LogP contribution in [0.3, 0.4) is 0 Å². The van der Waals surface area contributed by atoms with Crippen molar-refractivity contribution in [1.29, 1.82) is 0 Å². The van der Waals surface area contributed by atoms with Gasteiger partial charge < -0.3 is 10.4 Å². The van der Waals surface area contributed by atoms with Crippen molar-refractivity contribution in [2.24, 2.45) is 5.92 Å². The smallest absolute Gasteiger partial charge is 0.271 e. The first-order chi connectivity index (χ1) is 9.78. The minimum atomic E-state index is -0.131. The molecular weight excluding hydrogens is 292 g/mol. The molecule has 0 aromatic carbocycles. The zero-order chi connectivity index (χ0) is 13.9. The molecule has 0 bridgehead atoms. The van der Waals surface area contributed by atoms with Crippen LogP contribution in [0.1, 0.15) is 29.8 Å². The highest BCUT2D eigenvalue weighted by molar-refractivity contribution is 7.14. The van der Waals surface area contributed by atoms with Gasteiger partial charge in [-0.15, -0.1) is 11.3 Å². The quantitative estimate of drug-likeness (QED) is 0.862. The molecule has 1 amide bonds. The molecule has 2 aromatic heterocycles. The van der Waals surface area contributed by atoms with E-state index >= 15 is 0 Å². The molecule has 1 aliphatic rings. The van der Waals surface area contributed by atoms with Crippen LogP contribution in [-0.4, -0.2) is 28.6 Å². The molecule has 1 saturated carbocycles. The number of thiazole rings is 1. The Morgan fingerprint density at radius 2 is 2.35 bits per heavy atom. The molecule has 3 rings (SSSR count). The number of carbonyl (C=O) groups excluding carboxylic acids is 1. The maximum absolute atomic E-state index is 12.2. The second-order valence-electron chi connectivity index (χ2n) is 4.98. The van der Waals surface area contributed by atoms with Crippen molar-refractivity contribution in [2.75, 3.05) is 6.61 Å². The molecular formula is C14H16N2O2S2. The number of hydrogen-bond acceptors (Lipinski definition) is 5. The van der Waals surface area contributed by atoms with Crippen LogP contribution in [0, 0.1) is 5.92 Å². The van der Waals surface area contributed by atoms with Gasteiger partial charge in [0.15, 0.2) is 0 Å². The van der Waals surface area contributed by atoms with Crippen LogP contribution < -0.4 is 5.32 Å². The van der Waals surface area contributed by atoms with Crippen LogP contribution in [0.2, 0.25) is 0 Å². The van der Waals surface area contributed by atoms with Gasteiger partial charge in [-0.2, -0.15) is 11.3 Å². The van der Waals surface area contributed by atoms with Gasteiger partial charge >= 0.3 is 0 Å². The Morgan fingerprint density at radius 3 is 3.00 bits per heavy atom. The lowest BCUT2D eigenvalue weighted by atomic mass is 10.1. The summed E-state index contributed by atoms with van der Waals surface area (Å²) in [5, 5.41) is 18.8. The van der Waals surface area contributed by atoms with E-state index in [1.54, 1.807) is 16.7 Å². The Kier molecular flexibility index (Phi) is 4.14. The summed E-state index contributed by atoms with van der Waals surface area (Å²) in [6, 6.07) is 2.09. The average Bonchev–Trinajstić information content (AvgIpc) is 2.94. The van der Waals surface area contributed by atoms with Gasteiger partial charge in [0.1, 0.15) is 10.7 Å². The zero-order valence-corrected chi connectivity index (χ0v) is 12.5. The fraction of sp³-hybridized carbons (Fsp3) is 0.429. The lowest BCUT2D eigenvalue weighted by Crippen LogP contribution is -2.37. The summed E-state index contributed by atoms with van der Waals surface area (Å²) in [4.78, 5) is 16.6. The minimum absolute atomic E-state index is 0.0822. The fourth-order valence-corrected chi connectivity index (χ4v) is 3.71. The Hall–Kier alpha value is -1.24. The van der Waals surface area contributed by atoms with Gasteiger partial charge in [-0.05, 0) is 36.6 Å². The standard InChI is InChI=1S/C14H16N2O2S2/c17-5-3-11(9-1-2-9)15-13(18)12-8-20-14(16-12)10-4-6-19-7-10/h4,6-9,11,17H,1-3,5H2,(H,15,18). The number of rotatable bonds is 6. The number of nitrogens with zero attached hydrogens (tertiary/aromatic N) is 1. The third kappa shape index (κ3) is 3.08. The minimum Gasteiger partial charge on any atom is -0.396 e. The van der Waals surface area contributed by atoms with E-state index in [1.807, 2.05) is 16.8 Å². The van der Waals surface area contributed by atoms with E-state index < -0.39 is 0 Å². The first-order valence-corrected chi connectivity index (χ1v) is 8.50. The molecule has 4 nitrogen and oxygen atoms in total. The van der Waals surface area contributed by atoms with Crippen molar-refractivity contribution in [1.82, 2.24) is 10.3 Å². The number of amides is 1. The van der Waals surface area contributed by atoms with Gasteiger partial charge in [-0.25, -0.2) is 4.98 Å². The Morgan fingerprint density at radius 1 is 1.50 bits per heavy atom. The van der Waals surface area contributed by atoms with Crippen molar-refractivity contribution >= 4 is 28.6 Å². The topological polar surface area (TPSA) is 62.2 Å². The predicted octanol–water partition coefficient (Wildman–Crippen LogP) is 2.76. The molecule has 2 heterocycles. The number of hydrogen-bond donors (Lipinski definition) is 2. The van der Waals surface area contributed by atoms with Crippen molar-refractivity contribution in [3.8, 4) is 10.6 Å². The highest BCUT2D eigenvalue weighted by Crippen LogP contribution is 2.34. The van der Waals surface area contributed by atoms with E-state index in [4.69, 9.17) is 5.11 Å². The molecule has 106 valence electrons. The van der Waals surface area contributed by atoms with Crippen LogP contribution in [0.15, 0.2) is 22.2 Å². The number of thiophene rings is 1. The van der Waals surface area contributed by atoms with Crippen LogP contribution in [0.5, 0.6) is 0 Å². The van der Waals surface area contributed by atoms with Gasteiger partial charge in [0, 0.05) is 29.0 Å². The summed E-state index contributed by atoms with van der Waals surface area (Å²) in [6.45, 7) is 0.110. The molecule has 0 aliphatic heterocycles. The Bertz CT molecular complexity index is 576. The maximum Gasteiger partial charge on any atom is 0.271 e. The Balaban J connectivity index is 1.67. The molecule has 1 unspecified atom stereocenters. The van der Waals surface area contributed by atoms with Crippen molar-refractivity contribution in [3.63, 3.8) is 0 Å². The number of aliphatic hydroxyl groups is 1. The third-order valence-corrected chi connectivity index (χ3v) is 5.03. The summed E-state index contributed by atoms with van der Waals surface area (Å²) >= 11 is 3.11. The van der Waals surface area contributed by atoms with E-state index in [0.29, 0.717) is 18.0 Å². The first kappa shape index (κ1) is 13.7. The second-order valence-corrected chi connectivity index (χ2v) is 6.62. The number of carbonyl (C=O) groups is 1. The van der Waals surface area contributed by atoms with E-state index in [1.165, 1.54) is 11.3 Å². The van der Waals surface area contributed by atoms with Gasteiger partial charge in [0.05, 0.1) is 0 Å². The first-order valence-electron chi connectivity index (χ1n) is 6.67. The normalized spacial score (nSPS) is 16.1. The SMILES string of the molecule is O=C(NC(CCO)C1CC1)c1csc(-c2ccsc2)n1. The molecule has 2 N–H and O–H groups in total. The summed E-state index contributed by atoms with van der Waals surface area (Å²) in [5.41, 5.74) is 1.54. The average molecular weight is 308 g/mol. The van der Waals surface area contributed by atoms with Crippen LogP contribution in [0.25, 0.3) is 10.6 Å². The van der Waals surface area contributed by atoms with E-state index in [9.17, 15) is 4.79 Å². The van der Waals surface area contributed by atoms with Crippen molar-refractivity contribution < 1.29 is 9.90 Å². The number of aromatic nitrogens is 1. The van der Waals surface area contributed by atoms with Crippen LogP contribution in [-0.2, 0) is 0 Å². The molecule has 6 heteroatoms. The summed E-state index contributed by atoms with van der Waals surface area (Å²) in [6.07, 6.45) is 2.91. The zero-order valence-electron chi connectivity index (χ0n) is 10.9. The Labute approximate surface area is 125 Å².